The first kappa shape index (κ1) is 30.8. The van der Waals surface area contributed by atoms with E-state index >= 15 is 0 Å². The minimum Gasteiger partial charge on any atom is -0.488 e. The minimum absolute atomic E-state index is 0.00761. The summed E-state index contributed by atoms with van der Waals surface area (Å²) >= 11 is 0. The van der Waals surface area contributed by atoms with Gasteiger partial charge in [0.25, 0.3) is 5.91 Å². The van der Waals surface area contributed by atoms with Gasteiger partial charge in [-0.15, -0.1) is 0 Å². The second-order valence-electron chi connectivity index (χ2n) is 11.2. The van der Waals surface area contributed by atoms with Crippen molar-refractivity contribution in [3.05, 3.63) is 35.2 Å². The molecule has 3 N–H and O–H groups in total. The Kier molecular flexibility index (Phi) is 9.60. The normalized spacial score (nSPS) is 21.0. The highest BCUT2D eigenvalue weighted by Gasteiger charge is 2.36. The molecule has 2 aromatic rings. The first-order valence-corrected chi connectivity index (χ1v) is 15.6. The number of nitrogens with zero attached hydrogens (tertiary/aromatic N) is 3. The Morgan fingerprint density at radius 1 is 1.24 bits per heavy atom. The van der Waals surface area contributed by atoms with Crippen LogP contribution in [0.1, 0.15) is 67.8 Å². The molecule has 0 radical (unpaired) electrons. The van der Waals surface area contributed by atoms with Gasteiger partial charge in [0.2, 0.25) is 10.0 Å². The lowest BCUT2D eigenvalue weighted by Crippen LogP contribution is -2.50. The summed E-state index contributed by atoms with van der Waals surface area (Å²) in [7, 11) is -2.47. The third-order valence-corrected chi connectivity index (χ3v) is 10.0. The van der Waals surface area contributed by atoms with Gasteiger partial charge in [0.1, 0.15) is 22.4 Å². The van der Waals surface area contributed by atoms with E-state index in [4.69, 9.17) is 9.26 Å². The van der Waals surface area contributed by atoms with Gasteiger partial charge >= 0.3 is 6.03 Å². The largest absolute Gasteiger partial charge is 0.488 e. The number of hydrogen-bond donors (Lipinski definition) is 3. The third-order valence-electron chi connectivity index (χ3n) is 7.94. The average Bonchev–Trinajstić information content (AvgIpc) is 3.29. The zero-order valence-corrected chi connectivity index (χ0v) is 25.2. The number of aliphatic hydroxyl groups excluding tert-OH is 1. The van der Waals surface area contributed by atoms with Crippen LogP contribution in [0.4, 0.5) is 10.5 Å². The van der Waals surface area contributed by atoms with Crippen molar-refractivity contribution in [2.45, 2.75) is 82.9 Å². The van der Waals surface area contributed by atoms with Crippen molar-refractivity contribution >= 4 is 27.6 Å². The molecule has 1 aliphatic carbocycles. The molecular formula is C28H41N5O7S. The second-order valence-corrected chi connectivity index (χ2v) is 13.2. The van der Waals surface area contributed by atoms with Crippen molar-refractivity contribution in [1.82, 2.24) is 19.7 Å². The van der Waals surface area contributed by atoms with Crippen molar-refractivity contribution in [3.63, 3.8) is 0 Å². The van der Waals surface area contributed by atoms with Crippen LogP contribution in [0, 0.1) is 19.8 Å². The van der Waals surface area contributed by atoms with Gasteiger partial charge in [-0.25, -0.2) is 13.2 Å². The summed E-state index contributed by atoms with van der Waals surface area (Å²) in [5.41, 5.74) is 0.912. The maximum absolute atomic E-state index is 13.7. The standard InChI is InChI=1S/C28H41N5O7S/c1-17-14-33(18(2)16-34)27(35)23-13-22(30-28(36)29-21-9-7-6-8-10-21)11-12-24(23)39-25(17)15-32(5)41(37,38)26-19(3)31-40-20(26)4/h11-13,17-18,21,25,34H,6-10,14-16H2,1-5H3,(H2,29,30,36)/t17-,18+,25+/m0/s1. The van der Waals surface area contributed by atoms with Gasteiger partial charge in [0, 0.05) is 31.2 Å². The highest BCUT2D eigenvalue weighted by atomic mass is 32.2. The number of aryl methyl sites for hydroxylation is 2. The van der Waals surface area contributed by atoms with Crippen LogP contribution in [0.3, 0.4) is 0 Å². The highest BCUT2D eigenvalue weighted by molar-refractivity contribution is 7.89. The van der Waals surface area contributed by atoms with Gasteiger partial charge < -0.3 is 29.9 Å². The fraction of sp³-hybridized carbons (Fsp3) is 0.607. The quantitative estimate of drug-likeness (QED) is 0.423. The predicted octanol–water partition coefficient (Wildman–Crippen LogP) is 3.29. The molecule has 3 amide bonds. The van der Waals surface area contributed by atoms with Crippen LogP contribution in [-0.4, -0.2) is 84.8 Å². The Morgan fingerprint density at radius 2 is 1.95 bits per heavy atom. The number of rotatable bonds is 8. The van der Waals surface area contributed by atoms with Gasteiger partial charge in [0.15, 0.2) is 5.76 Å². The van der Waals surface area contributed by atoms with Crippen molar-refractivity contribution in [2.75, 3.05) is 32.1 Å². The molecule has 2 heterocycles. The fourth-order valence-electron chi connectivity index (χ4n) is 5.47. The molecule has 1 aliphatic heterocycles. The smallest absolute Gasteiger partial charge is 0.319 e. The van der Waals surface area contributed by atoms with Gasteiger partial charge in [-0.05, 0) is 51.8 Å². The van der Waals surface area contributed by atoms with Crippen LogP contribution in [-0.2, 0) is 10.0 Å². The molecule has 3 atom stereocenters. The Labute approximate surface area is 241 Å². The topological polar surface area (TPSA) is 154 Å². The maximum atomic E-state index is 13.7. The number of urea groups is 1. The van der Waals surface area contributed by atoms with Crippen LogP contribution in [0.5, 0.6) is 5.75 Å². The number of carbonyl (C=O) groups is 2. The lowest BCUT2D eigenvalue weighted by Gasteiger charge is -2.38. The van der Waals surface area contributed by atoms with E-state index < -0.39 is 22.2 Å². The monoisotopic (exact) mass is 591 g/mol. The summed E-state index contributed by atoms with van der Waals surface area (Å²) in [4.78, 5) is 27.9. The summed E-state index contributed by atoms with van der Waals surface area (Å²) in [6, 6.07) is 4.12. The summed E-state index contributed by atoms with van der Waals surface area (Å²) in [5, 5.41) is 19.5. The molecule has 4 rings (SSSR count). The number of fused-ring (bicyclic) bond motifs is 1. The molecule has 1 aromatic carbocycles. The van der Waals surface area contributed by atoms with Crippen molar-refractivity contribution in [1.29, 1.82) is 0 Å². The number of anilines is 1. The molecule has 13 heteroatoms. The van der Waals surface area contributed by atoms with E-state index in [2.05, 4.69) is 15.8 Å². The van der Waals surface area contributed by atoms with Crippen LogP contribution in [0.25, 0.3) is 0 Å². The molecule has 0 bridgehead atoms. The van der Waals surface area contributed by atoms with E-state index in [-0.39, 0.29) is 71.3 Å². The molecule has 226 valence electrons. The van der Waals surface area contributed by atoms with Crippen LogP contribution < -0.4 is 15.4 Å². The lowest BCUT2D eigenvalue weighted by molar-refractivity contribution is 0.0387. The number of aliphatic hydroxyl groups is 1. The van der Waals surface area contributed by atoms with Gasteiger partial charge in [-0.1, -0.05) is 31.3 Å². The van der Waals surface area contributed by atoms with Gasteiger partial charge in [-0.2, -0.15) is 4.31 Å². The Hall–Kier alpha value is -3.16. The summed E-state index contributed by atoms with van der Waals surface area (Å²) in [5.74, 6) is -0.169. The number of ether oxygens (including phenoxy) is 1. The van der Waals surface area contributed by atoms with Crippen molar-refractivity contribution in [3.8, 4) is 5.75 Å². The molecule has 0 spiro atoms. The summed E-state index contributed by atoms with van der Waals surface area (Å²) < 4.78 is 39.4. The number of carbonyl (C=O) groups excluding carboxylic acids is 2. The van der Waals surface area contributed by atoms with Gasteiger partial charge in [-0.3, -0.25) is 4.79 Å². The number of benzene rings is 1. The molecular weight excluding hydrogens is 550 g/mol. The van der Waals surface area contributed by atoms with E-state index in [0.717, 1.165) is 25.7 Å². The molecule has 1 aromatic heterocycles. The molecule has 0 saturated heterocycles. The number of amides is 3. The zero-order valence-electron chi connectivity index (χ0n) is 24.3. The van der Waals surface area contributed by atoms with Crippen molar-refractivity contribution in [2.24, 2.45) is 5.92 Å². The first-order chi connectivity index (χ1) is 19.4. The molecule has 2 aliphatic rings. The minimum atomic E-state index is -3.93. The number of hydrogen-bond acceptors (Lipinski definition) is 8. The lowest BCUT2D eigenvalue weighted by atomic mass is 9.96. The molecule has 0 unspecified atom stereocenters. The van der Waals surface area contributed by atoms with E-state index in [1.54, 1.807) is 43.9 Å². The number of nitrogens with one attached hydrogen (secondary N) is 2. The third kappa shape index (κ3) is 6.84. The Bertz CT molecular complexity index is 1340. The van der Waals surface area contributed by atoms with E-state index in [0.29, 0.717) is 5.69 Å². The van der Waals surface area contributed by atoms with Gasteiger partial charge in [0.05, 0.1) is 24.8 Å². The Balaban J connectivity index is 1.60. The molecule has 41 heavy (non-hydrogen) atoms. The SMILES string of the molecule is Cc1noc(C)c1S(=O)(=O)N(C)C[C@H]1Oc2ccc(NC(=O)NC3CCCCC3)cc2C(=O)N([C@H](C)CO)C[C@@H]1C. The summed E-state index contributed by atoms with van der Waals surface area (Å²) in [6.45, 7) is 6.71. The number of sulfonamides is 1. The highest BCUT2D eigenvalue weighted by Crippen LogP contribution is 2.32. The maximum Gasteiger partial charge on any atom is 0.319 e. The predicted molar refractivity (Wildman–Crippen MR) is 152 cm³/mol. The van der Waals surface area contributed by atoms with E-state index in [1.807, 2.05) is 6.92 Å². The molecule has 1 saturated carbocycles. The first-order valence-electron chi connectivity index (χ1n) is 14.1. The summed E-state index contributed by atoms with van der Waals surface area (Å²) in [6.07, 6.45) is 4.60. The van der Waals surface area contributed by atoms with Crippen LogP contribution >= 0.6 is 0 Å². The molecule has 1 fully saturated rings. The van der Waals surface area contributed by atoms with Crippen LogP contribution in [0.15, 0.2) is 27.6 Å². The number of aromatic nitrogens is 1. The Morgan fingerprint density at radius 3 is 2.59 bits per heavy atom. The average molecular weight is 592 g/mol. The second kappa shape index (κ2) is 12.8. The van der Waals surface area contributed by atoms with E-state index in [9.17, 15) is 23.1 Å². The zero-order chi connectivity index (χ0) is 29.9. The number of likely N-dealkylation sites (N-methyl/N-ethyl adjacent to an activating group) is 1. The van der Waals surface area contributed by atoms with Crippen LogP contribution in [0.2, 0.25) is 0 Å². The van der Waals surface area contributed by atoms with E-state index in [1.165, 1.54) is 17.8 Å². The van der Waals surface area contributed by atoms with Crippen molar-refractivity contribution < 1.29 is 32.4 Å². The fourth-order valence-corrected chi connectivity index (χ4v) is 6.93. The molecule has 12 nitrogen and oxygen atoms in total.